The lowest BCUT2D eigenvalue weighted by Gasteiger charge is -2.51. The molecule has 0 aromatic heterocycles. The van der Waals surface area contributed by atoms with Crippen LogP contribution in [0, 0.1) is 0 Å². The van der Waals surface area contributed by atoms with Gasteiger partial charge in [-0.1, -0.05) is 0 Å². The van der Waals surface area contributed by atoms with E-state index in [-0.39, 0.29) is 30.2 Å². The van der Waals surface area contributed by atoms with E-state index in [9.17, 15) is 4.79 Å². The molecule has 1 unspecified atom stereocenters. The highest BCUT2D eigenvalue weighted by Crippen LogP contribution is 2.34. The quantitative estimate of drug-likeness (QED) is 0.718. The van der Waals surface area contributed by atoms with E-state index < -0.39 is 0 Å². The van der Waals surface area contributed by atoms with Crippen molar-refractivity contribution in [2.75, 3.05) is 19.7 Å². The maximum absolute atomic E-state index is 11.9. The van der Waals surface area contributed by atoms with Crippen LogP contribution < -0.4 is 5.32 Å². The van der Waals surface area contributed by atoms with E-state index in [1.165, 1.54) is 0 Å². The van der Waals surface area contributed by atoms with Gasteiger partial charge in [-0.25, -0.2) is 0 Å². The number of carbonyl (C=O) groups excluding carboxylic acids is 1. The second-order valence-electron chi connectivity index (χ2n) is 5.17. The number of amides is 1. The summed E-state index contributed by atoms with van der Waals surface area (Å²) in [4.78, 5) is 13.9. The Morgan fingerprint density at radius 2 is 2.06 bits per heavy atom. The van der Waals surface area contributed by atoms with Gasteiger partial charge in [-0.2, -0.15) is 0 Å². The fourth-order valence-electron chi connectivity index (χ4n) is 3.02. The highest BCUT2D eigenvalue weighted by atomic mass is 16.5. The Bertz CT molecular complexity index is 272. The predicted octanol–water partition coefficient (Wildman–Crippen LogP) is 0.764. The minimum atomic E-state index is -0.108. The first-order valence-electron chi connectivity index (χ1n) is 6.23. The summed E-state index contributed by atoms with van der Waals surface area (Å²) >= 11 is 0. The molecule has 1 amide bonds. The molecule has 2 saturated heterocycles. The Balaban J connectivity index is 2.19. The lowest BCUT2D eigenvalue weighted by atomic mass is 9.83. The molecule has 0 aromatic carbocycles. The molecule has 2 heterocycles. The fraction of sp³-hybridized carbons (Fsp3) is 0.917. The number of nitrogens with zero attached hydrogens (tertiary/aromatic N) is 1. The van der Waals surface area contributed by atoms with Crippen LogP contribution in [0.1, 0.15) is 33.6 Å². The first kappa shape index (κ1) is 11.9. The van der Waals surface area contributed by atoms with Crippen molar-refractivity contribution in [3.8, 4) is 0 Å². The summed E-state index contributed by atoms with van der Waals surface area (Å²) in [5.74, 6) is 0.131. The van der Waals surface area contributed by atoms with Crippen LogP contribution in [0.3, 0.4) is 0 Å². The number of ether oxygens (including phenoxy) is 1. The zero-order valence-corrected chi connectivity index (χ0v) is 10.5. The Morgan fingerprint density at radius 3 is 2.62 bits per heavy atom. The van der Waals surface area contributed by atoms with Gasteiger partial charge in [-0.3, -0.25) is 4.79 Å². The Kier molecular flexibility index (Phi) is 3.22. The summed E-state index contributed by atoms with van der Waals surface area (Å²) in [5.41, 5.74) is -0.108. The highest BCUT2D eigenvalue weighted by Gasteiger charge is 2.47. The molecule has 0 radical (unpaired) electrons. The topological polar surface area (TPSA) is 41.6 Å². The summed E-state index contributed by atoms with van der Waals surface area (Å²) in [5, 5.41) is 3.35. The minimum Gasteiger partial charge on any atom is -0.363 e. The minimum absolute atomic E-state index is 0.108. The maximum Gasteiger partial charge on any atom is 0.249 e. The van der Waals surface area contributed by atoms with Crippen molar-refractivity contribution in [1.29, 1.82) is 0 Å². The Hall–Kier alpha value is -0.610. The normalized spacial score (nSPS) is 30.1. The summed E-state index contributed by atoms with van der Waals surface area (Å²) in [6.45, 7) is 8.52. The van der Waals surface area contributed by atoms with Gasteiger partial charge in [0.2, 0.25) is 5.91 Å². The average molecular weight is 226 g/mol. The van der Waals surface area contributed by atoms with Gasteiger partial charge in [0.05, 0.1) is 11.6 Å². The van der Waals surface area contributed by atoms with Gasteiger partial charge in [0.15, 0.2) is 0 Å². The highest BCUT2D eigenvalue weighted by molar-refractivity contribution is 5.79. The summed E-state index contributed by atoms with van der Waals surface area (Å²) in [7, 11) is 0. The van der Waals surface area contributed by atoms with Crippen LogP contribution in [-0.2, 0) is 9.53 Å². The molecule has 0 aromatic rings. The molecule has 1 N–H and O–H groups in total. The number of hydrogen-bond donors (Lipinski definition) is 1. The van der Waals surface area contributed by atoms with Gasteiger partial charge in [-0.15, -0.1) is 0 Å². The van der Waals surface area contributed by atoms with Gasteiger partial charge >= 0.3 is 0 Å². The molecule has 0 aliphatic carbocycles. The summed E-state index contributed by atoms with van der Waals surface area (Å²) in [6.07, 6.45) is 2.01. The van der Waals surface area contributed by atoms with Gasteiger partial charge < -0.3 is 15.0 Å². The van der Waals surface area contributed by atoms with Crippen molar-refractivity contribution in [2.45, 2.75) is 51.3 Å². The van der Waals surface area contributed by atoms with Crippen LogP contribution in [0.5, 0.6) is 0 Å². The third kappa shape index (κ3) is 1.84. The van der Waals surface area contributed by atoms with E-state index in [1.807, 2.05) is 4.90 Å². The summed E-state index contributed by atoms with van der Waals surface area (Å²) < 4.78 is 5.88. The molecule has 2 aliphatic rings. The molecule has 2 fully saturated rings. The van der Waals surface area contributed by atoms with Crippen molar-refractivity contribution in [3.05, 3.63) is 0 Å². The molecule has 0 bridgehead atoms. The van der Waals surface area contributed by atoms with Gasteiger partial charge in [0.25, 0.3) is 0 Å². The molecule has 1 atom stereocenters. The second-order valence-corrected chi connectivity index (χ2v) is 5.17. The maximum atomic E-state index is 11.9. The summed E-state index contributed by atoms with van der Waals surface area (Å²) in [6, 6.07) is 0.453. The fourth-order valence-corrected chi connectivity index (χ4v) is 3.02. The lowest BCUT2D eigenvalue weighted by Crippen LogP contribution is -2.65. The SMILES string of the molecule is CC(C)N1C(=O)COC2(CCNCC2)C1C. The largest absolute Gasteiger partial charge is 0.363 e. The van der Waals surface area contributed by atoms with Crippen LogP contribution in [0.15, 0.2) is 0 Å². The standard InChI is InChI=1S/C12H22N2O2/c1-9(2)14-10(3)12(16-8-11(14)15)4-6-13-7-5-12/h9-10,13H,4-8H2,1-3H3. The molecule has 2 aliphatic heterocycles. The lowest BCUT2D eigenvalue weighted by molar-refractivity contribution is -0.185. The third-order valence-electron chi connectivity index (χ3n) is 3.96. The smallest absolute Gasteiger partial charge is 0.249 e. The Morgan fingerprint density at radius 1 is 1.44 bits per heavy atom. The molecule has 4 nitrogen and oxygen atoms in total. The van der Waals surface area contributed by atoms with Crippen molar-refractivity contribution in [2.24, 2.45) is 0 Å². The number of rotatable bonds is 1. The van der Waals surface area contributed by atoms with Crippen molar-refractivity contribution in [1.82, 2.24) is 10.2 Å². The molecule has 0 saturated carbocycles. The van der Waals surface area contributed by atoms with Crippen LogP contribution in [0.4, 0.5) is 0 Å². The van der Waals surface area contributed by atoms with Crippen LogP contribution in [0.25, 0.3) is 0 Å². The van der Waals surface area contributed by atoms with Crippen molar-refractivity contribution in [3.63, 3.8) is 0 Å². The van der Waals surface area contributed by atoms with Crippen molar-refractivity contribution >= 4 is 5.91 Å². The number of carbonyl (C=O) groups is 1. The molecule has 4 heteroatoms. The van der Waals surface area contributed by atoms with E-state index in [0.29, 0.717) is 0 Å². The number of piperidine rings is 1. The molecule has 16 heavy (non-hydrogen) atoms. The molecular weight excluding hydrogens is 204 g/mol. The van der Waals surface area contributed by atoms with Crippen LogP contribution in [0.2, 0.25) is 0 Å². The number of hydrogen-bond acceptors (Lipinski definition) is 3. The van der Waals surface area contributed by atoms with Gasteiger partial charge in [-0.05, 0) is 46.7 Å². The molecule has 2 rings (SSSR count). The van der Waals surface area contributed by atoms with Crippen LogP contribution >= 0.6 is 0 Å². The predicted molar refractivity (Wildman–Crippen MR) is 62.2 cm³/mol. The van der Waals surface area contributed by atoms with E-state index in [2.05, 4.69) is 26.1 Å². The first-order chi connectivity index (χ1) is 7.57. The average Bonchev–Trinajstić information content (AvgIpc) is 2.26. The van der Waals surface area contributed by atoms with E-state index in [0.717, 1.165) is 25.9 Å². The number of morpholine rings is 1. The van der Waals surface area contributed by atoms with E-state index >= 15 is 0 Å². The first-order valence-corrected chi connectivity index (χ1v) is 6.23. The van der Waals surface area contributed by atoms with Crippen molar-refractivity contribution < 1.29 is 9.53 Å². The monoisotopic (exact) mass is 226 g/mol. The van der Waals surface area contributed by atoms with E-state index in [1.54, 1.807) is 0 Å². The second kappa shape index (κ2) is 4.34. The zero-order chi connectivity index (χ0) is 11.8. The Labute approximate surface area is 97.3 Å². The van der Waals surface area contributed by atoms with Gasteiger partial charge in [0.1, 0.15) is 6.61 Å². The van der Waals surface area contributed by atoms with Gasteiger partial charge in [0, 0.05) is 6.04 Å². The molecular formula is C12H22N2O2. The van der Waals surface area contributed by atoms with Crippen LogP contribution in [-0.4, -0.2) is 48.2 Å². The molecule has 92 valence electrons. The van der Waals surface area contributed by atoms with E-state index in [4.69, 9.17) is 4.74 Å². The number of nitrogens with one attached hydrogen (secondary N) is 1. The molecule has 1 spiro atoms. The third-order valence-corrected chi connectivity index (χ3v) is 3.96. The zero-order valence-electron chi connectivity index (χ0n) is 10.5.